The maximum Gasteiger partial charge on any atom is 0.343 e. The predicted octanol–water partition coefficient (Wildman–Crippen LogP) is 4.19. The number of hydrogen-bond donors (Lipinski definition) is 1. The minimum atomic E-state index is -2.84. The Morgan fingerprint density at radius 3 is 2.72 bits per heavy atom. The summed E-state index contributed by atoms with van der Waals surface area (Å²) < 4.78 is 53.0. The fraction of sp³-hybridized carbons (Fsp3) is 0.167. The van der Waals surface area contributed by atoms with Crippen LogP contribution in [-0.2, 0) is 13.7 Å². The third-order valence-electron chi connectivity index (χ3n) is 3.87. The summed E-state index contributed by atoms with van der Waals surface area (Å²) in [6.45, 7) is -0.187. The Morgan fingerprint density at radius 1 is 1.34 bits per heavy atom. The van der Waals surface area contributed by atoms with Crippen molar-refractivity contribution in [1.82, 2.24) is 14.8 Å². The lowest BCUT2D eigenvalue weighted by molar-refractivity contribution is 0.151. The number of halogens is 4. The quantitative estimate of drug-likeness (QED) is 0.585. The fourth-order valence-corrected chi connectivity index (χ4v) is 2.68. The molecule has 3 aromatic rings. The standard InChI is InChI=1S/C18H12BrF3N4O3/c1-26-14(24-25-18(26)27)8-28-13-3-2-12(19)15(20)16(13)29-11-5-9(7-23)4-10(6-11)17(21)22/h2-6,17H,8H2,1H3,(H,25,27). The molecule has 7 nitrogen and oxygen atoms in total. The van der Waals surface area contributed by atoms with Crippen LogP contribution in [0.2, 0.25) is 0 Å². The van der Waals surface area contributed by atoms with Crippen molar-refractivity contribution in [3.63, 3.8) is 0 Å². The highest BCUT2D eigenvalue weighted by Crippen LogP contribution is 2.39. The first-order valence-corrected chi connectivity index (χ1v) is 8.81. The average molecular weight is 469 g/mol. The van der Waals surface area contributed by atoms with Gasteiger partial charge in [0.05, 0.1) is 16.1 Å². The molecule has 0 saturated heterocycles. The second kappa shape index (κ2) is 8.40. The van der Waals surface area contributed by atoms with Crippen LogP contribution >= 0.6 is 15.9 Å². The maximum absolute atomic E-state index is 14.7. The van der Waals surface area contributed by atoms with Gasteiger partial charge in [0.25, 0.3) is 6.43 Å². The number of aromatic nitrogens is 3. The second-order valence-corrected chi connectivity index (χ2v) is 6.64. The van der Waals surface area contributed by atoms with Gasteiger partial charge in [0.15, 0.2) is 17.4 Å². The van der Waals surface area contributed by atoms with E-state index < -0.39 is 23.5 Å². The molecule has 150 valence electrons. The number of hydrogen-bond acceptors (Lipinski definition) is 5. The minimum Gasteiger partial charge on any atom is -0.482 e. The molecule has 0 bridgehead atoms. The predicted molar refractivity (Wildman–Crippen MR) is 98.4 cm³/mol. The van der Waals surface area contributed by atoms with Gasteiger partial charge in [0, 0.05) is 12.6 Å². The fourth-order valence-electron chi connectivity index (χ4n) is 2.36. The number of ether oxygens (including phenoxy) is 2. The number of aromatic amines is 1. The number of nitrogens with one attached hydrogen (secondary N) is 1. The third kappa shape index (κ3) is 4.43. The molecule has 11 heteroatoms. The highest BCUT2D eigenvalue weighted by Gasteiger charge is 2.19. The zero-order chi connectivity index (χ0) is 21.1. The van der Waals surface area contributed by atoms with E-state index in [-0.39, 0.29) is 39.7 Å². The summed E-state index contributed by atoms with van der Waals surface area (Å²) in [6, 6.07) is 7.75. The zero-order valence-corrected chi connectivity index (χ0v) is 16.3. The number of benzene rings is 2. The molecule has 0 amide bonds. The molecule has 0 unspecified atom stereocenters. The van der Waals surface area contributed by atoms with Crippen molar-refractivity contribution in [2.24, 2.45) is 7.05 Å². The van der Waals surface area contributed by atoms with Crippen LogP contribution in [0.15, 0.2) is 39.6 Å². The van der Waals surface area contributed by atoms with Gasteiger partial charge in [-0.25, -0.2) is 23.1 Å². The van der Waals surface area contributed by atoms with E-state index in [1.165, 1.54) is 29.8 Å². The molecule has 0 spiro atoms. The van der Waals surface area contributed by atoms with E-state index in [4.69, 9.17) is 14.7 Å². The van der Waals surface area contributed by atoms with Crippen LogP contribution in [0.1, 0.15) is 23.4 Å². The molecule has 1 N–H and O–H groups in total. The van der Waals surface area contributed by atoms with Crippen molar-refractivity contribution in [2.75, 3.05) is 0 Å². The van der Waals surface area contributed by atoms with Crippen molar-refractivity contribution in [2.45, 2.75) is 13.0 Å². The van der Waals surface area contributed by atoms with Crippen LogP contribution in [0.4, 0.5) is 13.2 Å². The molecule has 1 heterocycles. The second-order valence-electron chi connectivity index (χ2n) is 5.79. The molecule has 2 aromatic carbocycles. The molecular weight excluding hydrogens is 457 g/mol. The van der Waals surface area contributed by atoms with E-state index in [0.29, 0.717) is 0 Å². The first-order chi connectivity index (χ1) is 13.8. The normalized spacial score (nSPS) is 10.8. The molecule has 29 heavy (non-hydrogen) atoms. The Morgan fingerprint density at radius 2 is 2.10 bits per heavy atom. The number of nitrogens with zero attached hydrogens (tertiary/aromatic N) is 3. The summed E-state index contributed by atoms with van der Waals surface area (Å²) in [4.78, 5) is 11.4. The Labute approximate surface area is 170 Å². The van der Waals surface area contributed by atoms with E-state index in [2.05, 4.69) is 26.1 Å². The molecule has 0 saturated carbocycles. The van der Waals surface area contributed by atoms with Crippen molar-refractivity contribution in [1.29, 1.82) is 5.26 Å². The number of alkyl halides is 2. The molecule has 0 fully saturated rings. The number of rotatable bonds is 6. The van der Waals surface area contributed by atoms with E-state index >= 15 is 0 Å². The summed E-state index contributed by atoms with van der Waals surface area (Å²) in [6.07, 6.45) is -2.84. The van der Waals surface area contributed by atoms with Crippen LogP contribution in [0.25, 0.3) is 0 Å². The van der Waals surface area contributed by atoms with Crippen LogP contribution in [0.3, 0.4) is 0 Å². The van der Waals surface area contributed by atoms with E-state index in [9.17, 15) is 18.0 Å². The molecule has 0 aliphatic rings. The van der Waals surface area contributed by atoms with Gasteiger partial charge in [0.1, 0.15) is 12.4 Å². The highest BCUT2D eigenvalue weighted by molar-refractivity contribution is 9.10. The van der Waals surface area contributed by atoms with Gasteiger partial charge >= 0.3 is 5.69 Å². The van der Waals surface area contributed by atoms with Gasteiger partial charge in [-0.15, -0.1) is 0 Å². The van der Waals surface area contributed by atoms with Crippen LogP contribution in [-0.4, -0.2) is 14.8 Å². The maximum atomic E-state index is 14.7. The van der Waals surface area contributed by atoms with E-state index in [1.54, 1.807) is 6.07 Å². The summed E-state index contributed by atoms with van der Waals surface area (Å²) >= 11 is 3.02. The number of nitriles is 1. The van der Waals surface area contributed by atoms with Crippen LogP contribution in [0.5, 0.6) is 17.2 Å². The van der Waals surface area contributed by atoms with Crippen molar-refractivity contribution < 1.29 is 22.6 Å². The Hall–Kier alpha value is -3.26. The molecule has 0 atom stereocenters. The van der Waals surface area contributed by atoms with E-state index in [1.807, 2.05) is 0 Å². The van der Waals surface area contributed by atoms with Gasteiger partial charge in [0.2, 0.25) is 5.75 Å². The topological polar surface area (TPSA) is 92.9 Å². The lowest BCUT2D eigenvalue weighted by Crippen LogP contribution is -2.15. The van der Waals surface area contributed by atoms with Gasteiger partial charge in [-0.1, -0.05) is 0 Å². The Balaban J connectivity index is 1.95. The largest absolute Gasteiger partial charge is 0.482 e. The van der Waals surface area contributed by atoms with Gasteiger partial charge in [-0.2, -0.15) is 10.4 Å². The highest BCUT2D eigenvalue weighted by atomic mass is 79.9. The minimum absolute atomic E-state index is 0.0533. The Kier molecular flexibility index (Phi) is 5.93. The lowest BCUT2D eigenvalue weighted by atomic mass is 10.1. The molecule has 1 aromatic heterocycles. The SMILES string of the molecule is Cn1c(COc2ccc(Br)c(F)c2Oc2cc(C#N)cc(C(F)F)c2)n[nH]c1=O. The van der Waals surface area contributed by atoms with Crippen LogP contribution in [0, 0.1) is 17.1 Å². The molecule has 3 rings (SSSR count). The first kappa shape index (κ1) is 20.5. The summed E-state index contributed by atoms with van der Waals surface area (Å²) in [5, 5.41) is 15.0. The summed E-state index contributed by atoms with van der Waals surface area (Å²) in [5.74, 6) is -1.18. The van der Waals surface area contributed by atoms with Gasteiger partial charge in [-0.3, -0.25) is 4.57 Å². The molecule has 0 aliphatic carbocycles. The van der Waals surface area contributed by atoms with Crippen molar-refractivity contribution in [3.05, 3.63) is 68.1 Å². The smallest absolute Gasteiger partial charge is 0.343 e. The molecule has 0 radical (unpaired) electrons. The first-order valence-electron chi connectivity index (χ1n) is 8.02. The van der Waals surface area contributed by atoms with Gasteiger partial charge in [-0.05, 0) is 46.3 Å². The third-order valence-corrected chi connectivity index (χ3v) is 4.49. The molecular formula is C18H12BrF3N4O3. The van der Waals surface area contributed by atoms with Crippen molar-refractivity contribution in [3.8, 4) is 23.3 Å². The average Bonchev–Trinajstić information content (AvgIpc) is 3.02. The van der Waals surface area contributed by atoms with Crippen molar-refractivity contribution >= 4 is 15.9 Å². The van der Waals surface area contributed by atoms with E-state index in [0.717, 1.165) is 12.1 Å². The lowest BCUT2D eigenvalue weighted by Gasteiger charge is -2.15. The summed E-state index contributed by atoms with van der Waals surface area (Å²) in [7, 11) is 1.48. The number of H-pyrrole nitrogens is 1. The monoisotopic (exact) mass is 468 g/mol. The molecule has 0 aliphatic heterocycles. The summed E-state index contributed by atoms with van der Waals surface area (Å²) in [5.41, 5.74) is -0.958. The zero-order valence-electron chi connectivity index (χ0n) is 14.7. The van der Waals surface area contributed by atoms with Gasteiger partial charge < -0.3 is 9.47 Å². The Bertz CT molecular complexity index is 1150. The van der Waals surface area contributed by atoms with Crippen LogP contribution < -0.4 is 15.2 Å².